The van der Waals surface area contributed by atoms with Crippen LogP contribution in [-0.2, 0) is 0 Å². The zero-order valence-electron chi connectivity index (χ0n) is 4.82. The molecule has 0 saturated heterocycles. The van der Waals surface area contributed by atoms with Gasteiger partial charge < -0.3 is 4.42 Å². The molecule has 0 unspecified atom stereocenters. The number of hydrogen-bond acceptors (Lipinski definition) is 3. The Morgan fingerprint density at radius 1 is 1.78 bits per heavy atom. The number of allylic oxidation sites excluding steroid dienone is 1. The molecule has 1 aromatic rings. The molecule has 0 amide bonds. The lowest BCUT2D eigenvalue weighted by Gasteiger charge is -1.47. The van der Waals surface area contributed by atoms with Gasteiger partial charge in [0.2, 0.25) is 0 Å². The smallest absolute Gasteiger partial charge is 0.180 e. The fraction of sp³-hybridized carbons (Fsp3) is 0. The van der Waals surface area contributed by atoms with Crippen molar-refractivity contribution in [3.05, 3.63) is 31.5 Å². The average molecular weight is 122 g/mol. The maximum Gasteiger partial charge on any atom is 0.180 e. The lowest BCUT2D eigenvalue weighted by atomic mass is 10.8. The fourth-order valence-electron chi connectivity index (χ4n) is 0.176. The molecule has 1 heterocycles. The highest BCUT2D eigenvalue weighted by atomic mass is 16.3. The van der Waals surface area contributed by atoms with E-state index < -0.39 is 0 Å². The molecular weight excluding hydrogens is 116 g/mol. The molecule has 0 radical (unpaired) electrons. The van der Waals surface area contributed by atoms with Crippen molar-refractivity contribution in [3.63, 3.8) is 0 Å². The van der Waals surface area contributed by atoms with Crippen molar-refractivity contribution >= 4 is 0 Å². The topological polar surface area (TPSA) is 49.8 Å². The molecule has 0 aromatic carbocycles. The molecular formula is C6H6N2O. The number of nitrogens with zero attached hydrogens (tertiary/aromatic N) is 2. The predicted octanol–water partition coefficient (Wildman–Crippen LogP) is 1.37. The maximum atomic E-state index is 7.51. The van der Waals surface area contributed by atoms with Gasteiger partial charge in [0.25, 0.3) is 0 Å². The van der Waals surface area contributed by atoms with Crippen LogP contribution in [0.1, 0.15) is 0 Å². The monoisotopic (exact) mass is 122 g/mol. The number of aromatic nitrogens is 1. The SMILES string of the molecule is C=CC#N.c1cocn1. The standard InChI is InChI=1S/C3H3NO.C3H3N/c1-2-5-3-4-1;1-2-3-4/h1-3H;2H,1H2. The highest BCUT2D eigenvalue weighted by Crippen LogP contribution is 1.72. The Balaban J connectivity index is 0.000000148. The molecule has 46 valence electrons. The number of oxazole rings is 1. The van der Waals surface area contributed by atoms with Gasteiger partial charge in [-0.2, -0.15) is 5.26 Å². The molecule has 1 rings (SSSR count). The molecule has 1 aromatic heterocycles. The van der Waals surface area contributed by atoms with Gasteiger partial charge in [-0.05, 0) is 0 Å². The van der Waals surface area contributed by atoms with E-state index in [1.807, 2.05) is 0 Å². The minimum absolute atomic E-state index is 1.18. The lowest BCUT2D eigenvalue weighted by Crippen LogP contribution is -1.38. The van der Waals surface area contributed by atoms with Crippen molar-refractivity contribution in [1.82, 2.24) is 4.98 Å². The fourth-order valence-corrected chi connectivity index (χ4v) is 0.176. The van der Waals surface area contributed by atoms with Gasteiger partial charge in [0, 0.05) is 6.08 Å². The van der Waals surface area contributed by atoms with Crippen LogP contribution >= 0.6 is 0 Å². The van der Waals surface area contributed by atoms with Crippen LogP contribution in [0.2, 0.25) is 0 Å². The number of hydrogen-bond donors (Lipinski definition) is 0. The third-order valence-electron chi connectivity index (χ3n) is 0.438. The van der Waals surface area contributed by atoms with Crippen molar-refractivity contribution in [3.8, 4) is 6.07 Å². The molecule has 0 aliphatic carbocycles. The summed E-state index contributed by atoms with van der Waals surface area (Å²) in [5.74, 6) is 0. The van der Waals surface area contributed by atoms with Crippen LogP contribution in [0.25, 0.3) is 0 Å². The minimum Gasteiger partial charge on any atom is -0.452 e. The van der Waals surface area contributed by atoms with Crippen molar-refractivity contribution in [2.24, 2.45) is 0 Å². The second-order valence-electron chi connectivity index (χ2n) is 1.01. The first-order valence-electron chi connectivity index (χ1n) is 2.24. The van der Waals surface area contributed by atoms with Gasteiger partial charge in [-0.15, -0.1) is 0 Å². The first kappa shape index (κ1) is 7.44. The van der Waals surface area contributed by atoms with E-state index in [0.29, 0.717) is 0 Å². The molecule has 0 N–H and O–H groups in total. The molecule has 0 aliphatic heterocycles. The van der Waals surface area contributed by atoms with E-state index in [1.54, 1.807) is 12.3 Å². The number of rotatable bonds is 0. The second kappa shape index (κ2) is 6.44. The summed E-state index contributed by atoms with van der Waals surface area (Å²) in [6, 6.07) is 1.69. The van der Waals surface area contributed by atoms with Crippen LogP contribution in [0.5, 0.6) is 0 Å². The van der Waals surface area contributed by atoms with Gasteiger partial charge in [0.15, 0.2) is 6.39 Å². The quantitative estimate of drug-likeness (QED) is 0.488. The van der Waals surface area contributed by atoms with Crippen LogP contribution < -0.4 is 0 Å². The highest BCUT2D eigenvalue weighted by molar-refractivity contribution is 4.93. The summed E-state index contributed by atoms with van der Waals surface area (Å²) in [5.41, 5.74) is 0. The Labute approximate surface area is 53.2 Å². The van der Waals surface area contributed by atoms with Crippen molar-refractivity contribution in [2.75, 3.05) is 0 Å². The molecule has 0 saturated carbocycles. The van der Waals surface area contributed by atoms with Crippen LogP contribution in [0.4, 0.5) is 0 Å². The average Bonchev–Trinajstić information content (AvgIpc) is 2.43. The van der Waals surface area contributed by atoms with E-state index in [1.165, 1.54) is 18.7 Å². The van der Waals surface area contributed by atoms with Crippen LogP contribution in [0, 0.1) is 11.3 Å². The van der Waals surface area contributed by atoms with E-state index in [0.717, 1.165) is 0 Å². The molecule has 0 atom stereocenters. The van der Waals surface area contributed by atoms with Gasteiger partial charge in [-0.3, -0.25) is 0 Å². The van der Waals surface area contributed by atoms with Crippen molar-refractivity contribution in [1.29, 1.82) is 5.26 Å². The normalized spacial score (nSPS) is 6.11. The Morgan fingerprint density at radius 3 is 2.56 bits per heavy atom. The van der Waals surface area contributed by atoms with Crippen molar-refractivity contribution in [2.45, 2.75) is 0 Å². The number of nitriles is 1. The summed E-state index contributed by atoms with van der Waals surface area (Å²) >= 11 is 0. The van der Waals surface area contributed by atoms with E-state index in [9.17, 15) is 0 Å². The van der Waals surface area contributed by atoms with Gasteiger partial charge in [-0.25, -0.2) is 4.98 Å². The maximum absolute atomic E-state index is 7.51. The van der Waals surface area contributed by atoms with E-state index in [2.05, 4.69) is 16.0 Å². The molecule has 0 bridgehead atoms. The summed E-state index contributed by atoms with van der Waals surface area (Å²) in [4.78, 5) is 3.56. The van der Waals surface area contributed by atoms with E-state index >= 15 is 0 Å². The largest absolute Gasteiger partial charge is 0.452 e. The zero-order valence-corrected chi connectivity index (χ0v) is 4.82. The molecule has 9 heavy (non-hydrogen) atoms. The summed E-state index contributed by atoms with van der Waals surface area (Å²) in [6.45, 7) is 3.12. The predicted molar refractivity (Wildman–Crippen MR) is 32.3 cm³/mol. The Morgan fingerprint density at radius 2 is 2.44 bits per heavy atom. The molecule has 3 nitrogen and oxygen atoms in total. The Bertz CT molecular complexity index is 156. The molecule has 0 aliphatic rings. The van der Waals surface area contributed by atoms with Crippen LogP contribution in [0.15, 0.2) is 35.9 Å². The summed E-state index contributed by atoms with van der Waals surface area (Å²) in [6.07, 6.45) is 5.65. The first-order valence-corrected chi connectivity index (χ1v) is 2.24. The molecule has 3 heteroatoms. The van der Waals surface area contributed by atoms with E-state index in [4.69, 9.17) is 5.26 Å². The van der Waals surface area contributed by atoms with E-state index in [-0.39, 0.29) is 0 Å². The molecule has 0 fully saturated rings. The summed E-state index contributed by atoms with van der Waals surface area (Å²) in [5, 5.41) is 7.51. The minimum atomic E-state index is 1.18. The third-order valence-corrected chi connectivity index (χ3v) is 0.438. The van der Waals surface area contributed by atoms with Crippen LogP contribution in [-0.4, -0.2) is 4.98 Å². The first-order chi connectivity index (χ1) is 4.41. The van der Waals surface area contributed by atoms with Crippen LogP contribution in [0.3, 0.4) is 0 Å². The van der Waals surface area contributed by atoms with Gasteiger partial charge >= 0.3 is 0 Å². The molecule has 0 spiro atoms. The van der Waals surface area contributed by atoms with Gasteiger partial charge in [0.1, 0.15) is 6.26 Å². The zero-order chi connectivity index (χ0) is 6.95. The van der Waals surface area contributed by atoms with Gasteiger partial charge in [0.05, 0.1) is 12.3 Å². The Hall–Kier alpha value is -1.56. The summed E-state index contributed by atoms with van der Waals surface area (Å²) < 4.78 is 4.47. The third kappa shape index (κ3) is 6.44. The van der Waals surface area contributed by atoms with Crippen molar-refractivity contribution < 1.29 is 4.42 Å². The Kier molecular flexibility index (Phi) is 5.32. The summed E-state index contributed by atoms with van der Waals surface area (Å²) in [7, 11) is 0. The lowest BCUT2D eigenvalue weighted by molar-refractivity contribution is 0.558. The second-order valence-corrected chi connectivity index (χ2v) is 1.01. The highest BCUT2D eigenvalue weighted by Gasteiger charge is 1.59. The van der Waals surface area contributed by atoms with Gasteiger partial charge in [-0.1, -0.05) is 6.58 Å².